The van der Waals surface area contributed by atoms with Gasteiger partial charge in [0.2, 0.25) is 0 Å². The van der Waals surface area contributed by atoms with Gasteiger partial charge in [-0.1, -0.05) is 18.2 Å². The second kappa shape index (κ2) is 5.10. The summed E-state index contributed by atoms with van der Waals surface area (Å²) in [6.07, 6.45) is 2.06. The van der Waals surface area contributed by atoms with Gasteiger partial charge < -0.3 is 9.15 Å². The molecule has 4 heteroatoms. The Hall–Kier alpha value is -1.36. The lowest BCUT2D eigenvalue weighted by molar-refractivity contribution is 0.180. The van der Waals surface area contributed by atoms with Crippen LogP contribution in [0.4, 0.5) is 0 Å². The second-order valence-electron chi connectivity index (χ2n) is 4.87. The third-order valence-electron chi connectivity index (χ3n) is 3.58. The fourth-order valence-electron chi connectivity index (χ4n) is 2.54. The van der Waals surface area contributed by atoms with Crippen molar-refractivity contribution in [2.75, 3.05) is 13.2 Å². The van der Waals surface area contributed by atoms with Crippen LogP contribution in [0, 0.1) is 5.92 Å². The van der Waals surface area contributed by atoms with Crippen LogP contribution in [0.25, 0.3) is 11.0 Å². The van der Waals surface area contributed by atoms with E-state index < -0.39 is 0 Å². The number of furan rings is 1. The molecule has 0 spiro atoms. The molecule has 0 radical (unpaired) electrons. The van der Waals surface area contributed by atoms with E-state index in [1.807, 2.05) is 18.2 Å². The Morgan fingerprint density at radius 1 is 1.39 bits per heavy atom. The first-order valence-corrected chi connectivity index (χ1v) is 6.39. The molecule has 0 aliphatic carbocycles. The van der Waals surface area contributed by atoms with Crippen LogP contribution in [0.5, 0.6) is 0 Å². The molecule has 0 bridgehead atoms. The van der Waals surface area contributed by atoms with Crippen molar-refractivity contribution in [1.82, 2.24) is 5.43 Å². The van der Waals surface area contributed by atoms with E-state index >= 15 is 0 Å². The highest BCUT2D eigenvalue weighted by Crippen LogP contribution is 2.29. The molecule has 2 unspecified atom stereocenters. The van der Waals surface area contributed by atoms with Crippen molar-refractivity contribution in [2.24, 2.45) is 11.8 Å². The topological polar surface area (TPSA) is 60.4 Å². The first-order valence-electron chi connectivity index (χ1n) is 6.39. The van der Waals surface area contributed by atoms with Gasteiger partial charge in [-0.2, -0.15) is 0 Å². The summed E-state index contributed by atoms with van der Waals surface area (Å²) in [7, 11) is 0. The number of nitrogens with one attached hydrogen (secondary N) is 1. The largest absolute Gasteiger partial charge is 0.459 e. The van der Waals surface area contributed by atoms with Gasteiger partial charge >= 0.3 is 0 Å². The number of ether oxygens (including phenoxy) is 1. The Labute approximate surface area is 106 Å². The average molecular weight is 246 g/mol. The third kappa shape index (κ3) is 2.27. The molecule has 0 saturated carbocycles. The van der Waals surface area contributed by atoms with Crippen molar-refractivity contribution in [2.45, 2.75) is 18.9 Å². The molecule has 1 saturated heterocycles. The van der Waals surface area contributed by atoms with Crippen LogP contribution >= 0.6 is 0 Å². The van der Waals surface area contributed by atoms with Crippen LogP contribution < -0.4 is 11.3 Å². The zero-order valence-corrected chi connectivity index (χ0v) is 10.3. The molecule has 96 valence electrons. The number of hydrogen-bond donors (Lipinski definition) is 2. The van der Waals surface area contributed by atoms with Gasteiger partial charge in [-0.15, -0.1) is 0 Å². The monoisotopic (exact) mass is 246 g/mol. The lowest BCUT2D eigenvalue weighted by atomic mass is 9.98. The normalized spacial score (nSPS) is 21.5. The number of fused-ring (bicyclic) bond motifs is 1. The standard InChI is InChI=1S/C14H18N2O2/c15-16-12(7-10-5-6-17-9-10)14-8-11-3-1-2-4-13(11)18-14/h1-4,8,10,12,16H,5-7,9,15H2. The molecule has 2 aromatic rings. The minimum Gasteiger partial charge on any atom is -0.459 e. The van der Waals surface area contributed by atoms with E-state index in [1.54, 1.807) is 0 Å². The summed E-state index contributed by atoms with van der Waals surface area (Å²) in [5, 5.41) is 1.12. The summed E-state index contributed by atoms with van der Waals surface area (Å²) < 4.78 is 11.2. The molecular weight excluding hydrogens is 228 g/mol. The molecule has 4 nitrogen and oxygen atoms in total. The first kappa shape index (κ1) is 11.7. The Bertz CT molecular complexity index is 484. The molecule has 3 N–H and O–H groups in total. The molecule has 2 heterocycles. The summed E-state index contributed by atoms with van der Waals surface area (Å²) in [5.74, 6) is 7.13. The molecular formula is C14H18N2O2. The van der Waals surface area contributed by atoms with Gasteiger partial charge in [-0.3, -0.25) is 5.84 Å². The fraction of sp³-hybridized carbons (Fsp3) is 0.429. The highest BCUT2D eigenvalue weighted by atomic mass is 16.5. The van der Waals surface area contributed by atoms with Crippen molar-refractivity contribution in [3.63, 3.8) is 0 Å². The molecule has 1 aliphatic heterocycles. The second-order valence-corrected chi connectivity index (χ2v) is 4.87. The van der Waals surface area contributed by atoms with Gasteiger partial charge in [-0.05, 0) is 30.9 Å². The fourth-order valence-corrected chi connectivity index (χ4v) is 2.54. The van der Waals surface area contributed by atoms with E-state index in [2.05, 4.69) is 17.6 Å². The number of rotatable bonds is 4. The van der Waals surface area contributed by atoms with Crippen molar-refractivity contribution >= 4 is 11.0 Å². The van der Waals surface area contributed by atoms with Crippen LogP contribution in [-0.2, 0) is 4.74 Å². The Kier molecular flexibility index (Phi) is 3.32. The van der Waals surface area contributed by atoms with Gasteiger partial charge in [0.15, 0.2) is 0 Å². The Morgan fingerprint density at radius 2 is 2.28 bits per heavy atom. The van der Waals surface area contributed by atoms with Gasteiger partial charge in [-0.25, -0.2) is 5.43 Å². The van der Waals surface area contributed by atoms with Crippen molar-refractivity contribution < 1.29 is 9.15 Å². The highest BCUT2D eigenvalue weighted by molar-refractivity contribution is 5.77. The molecule has 2 atom stereocenters. The number of nitrogens with two attached hydrogens (primary N) is 1. The number of hydrazine groups is 1. The molecule has 0 amide bonds. The smallest absolute Gasteiger partial charge is 0.134 e. The van der Waals surface area contributed by atoms with E-state index in [1.165, 1.54) is 0 Å². The van der Waals surface area contributed by atoms with Crippen molar-refractivity contribution in [3.05, 3.63) is 36.1 Å². The average Bonchev–Trinajstić information content (AvgIpc) is 3.04. The zero-order valence-electron chi connectivity index (χ0n) is 10.3. The quantitative estimate of drug-likeness (QED) is 0.642. The minimum absolute atomic E-state index is 0.0594. The SMILES string of the molecule is NNC(CC1CCOC1)c1cc2ccccc2o1. The Balaban J connectivity index is 1.81. The van der Waals surface area contributed by atoms with Crippen molar-refractivity contribution in [3.8, 4) is 0 Å². The van der Waals surface area contributed by atoms with Gasteiger partial charge in [0.05, 0.1) is 6.04 Å². The Morgan fingerprint density at radius 3 is 3.00 bits per heavy atom. The number of para-hydroxylation sites is 1. The van der Waals surface area contributed by atoms with Crippen LogP contribution in [-0.4, -0.2) is 13.2 Å². The van der Waals surface area contributed by atoms with Crippen molar-refractivity contribution in [1.29, 1.82) is 0 Å². The van der Waals surface area contributed by atoms with E-state index in [0.29, 0.717) is 5.92 Å². The first-order chi connectivity index (χ1) is 8.86. The predicted octanol–water partition coefficient (Wildman–Crippen LogP) is 2.36. The van der Waals surface area contributed by atoms with Gasteiger partial charge in [0.1, 0.15) is 11.3 Å². The minimum atomic E-state index is 0.0594. The highest BCUT2D eigenvalue weighted by Gasteiger charge is 2.23. The number of benzene rings is 1. The molecule has 18 heavy (non-hydrogen) atoms. The maximum atomic E-state index is 5.85. The summed E-state index contributed by atoms with van der Waals surface area (Å²) in [4.78, 5) is 0. The van der Waals surface area contributed by atoms with E-state index in [-0.39, 0.29) is 6.04 Å². The van der Waals surface area contributed by atoms with Gasteiger partial charge in [0, 0.05) is 18.6 Å². The summed E-state index contributed by atoms with van der Waals surface area (Å²) >= 11 is 0. The van der Waals surface area contributed by atoms with Crippen LogP contribution in [0.15, 0.2) is 34.7 Å². The van der Waals surface area contributed by atoms with Crippen LogP contribution in [0.1, 0.15) is 24.6 Å². The molecule has 1 fully saturated rings. The lowest BCUT2D eigenvalue weighted by Gasteiger charge is -2.16. The zero-order chi connectivity index (χ0) is 12.4. The predicted molar refractivity (Wildman–Crippen MR) is 69.8 cm³/mol. The van der Waals surface area contributed by atoms with Crippen LogP contribution in [0.3, 0.4) is 0 Å². The van der Waals surface area contributed by atoms with Gasteiger partial charge in [0.25, 0.3) is 0 Å². The maximum Gasteiger partial charge on any atom is 0.134 e. The maximum absolute atomic E-state index is 5.85. The molecule has 1 aromatic carbocycles. The molecule has 3 rings (SSSR count). The van der Waals surface area contributed by atoms with E-state index in [9.17, 15) is 0 Å². The summed E-state index contributed by atoms with van der Waals surface area (Å²) in [6.45, 7) is 1.69. The van der Waals surface area contributed by atoms with E-state index in [4.69, 9.17) is 15.0 Å². The number of hydrogen-bond acceptors (Lipinski definition) is 4. The third-order valence-corrected chi connectivity index (χ3v) is 3.58. The summed E-state index contributed by atoms with van der Waals surface area (Å²) in [6, 6.07) is 10.1. The lowest BCUT2D eigenvalue weighted by Crippen LogP contribution is -2.29. The molecule has 1 aliphatic rings. The molecule has 1 aromatic heterocycles. The van der Waals surface area contributed by atoms with E-state index in [0.717, 1.165) is 42.8 Å². The van der Waals surface area contributed by atoms with Crippen LogP contribution in [0.2, 0.25) is 0 Å². The summed E-state index contributed by atoms with van der Waals surface area (Å²) in [5.41, 5.74) is 3.77.